The molecule has 2 fully saturated rings. The molecule has 0 N–H and O–H groups in total. The second-order valence-electron chi connectivity index (χ2n) is 11.1. The molecule has 2 saturated carbocycles. The average Bonchev–Trinajstić information content (AvgIpc) is 2.77. The van der Waals surface area contributed by atoms with E-state index >= 15 is 0 Å². The fourth-order valence-corrected chi connectivity index (χ4v) is 7.97. The first kappa shape index (κ1) is 23.6. The maximum absolute atomic E-state index is 12.9. The Hall–Kier alpha value is -1.59. The molecule has 176 valence electrons. The second-order valence-corrected chi connectivity index (χ2v) is 12.7. The van der Waals surface area contributed by atoms with Crippen LogP contribution in [0, 0.1) is 28.1 Å². The Balaban J connectivity index is 1.55. The lowest BCUT2D eigenvalue weighted by molar-refractivity contribution is -0.0490. The van der Waals surface area contributed by atoms with Gasteiger partial charge in [-0.05, 0) is 90.9 Å². The molecular weight excluding hydrogens is 420 g/mol. The van der Waals surface area contributed by atoms with Crippen LogP contribution in [0.25, 0.3) is 0 Å². The molecular formula is C27H38O4S. The van der Waals surface area contributed by atoms with Gasteiger partial charge in [0.1, 0.15) is 5.75 Å². The summed E-state index contributed by atoms with van der Waals surface area (Å²) in [6.45, 7) is 11.3. The molecule has 3 aliphatic rings. The number of methoxy groups -OCH3 is 1. The van der Waals surface area contributed by atoms with E-state index in [9.17, 15) is 8.42 Å². The number of ether oxygens (including phenoxy) is 1. The van der Waals surface area contributed by atoms with Gasteiger partial charge in [0.2, 0.25) is 0 Å². The molecule has 0 spiro atoms. The zero-order valence-corrected chi connectivity index (χ0v) is 20.8. The number of allylic oxidation sites excluding steroid dienone is 3. The van der Waals surface area contributed by atoms with Crippen LogP contribution in [0.2, 0.25) is 0 Å². The molecule has 0 aromatic heterocycles. The molecule has 0 heterocycles. The maximum Gasteiger partial charge on any atom is 0.296 e. The number of fused-ring (bicyclic) bond motifs is 3. The van der Waals surface area contributed by atoms with Gasteiger partial charge in [-0.2, -0.15) is 8.42 Å². The van der Waals surface area contributed by atoms with Gasteiger partial charge in [-0.25, -0.2) is 0 Å². The summed E-state index contributed by atoms with van der Waals surface area (Å²) < 4.78 is 36.7. The molecule has 1 aromatic carbocycles. The van der Waals surface area contributed by atoms with Crippen LogP contribution in [0.5, 0.6) is 5.75 Å². The first-order valence-corrected chi connectivity index (χ1v) is 13.3. The summed E-state index contributed by atoms with van der Waals surface area (Å²) in [6.07, 6.45) is 12.5. The van der Waals surface area contributed by atoms with Crippen molar-refractivity contribution in [3.8, 4) is 5.75 Å². The largest absolute Gasteiger partial charge is 0.497 e. The Kier molecular flexibility index (Phi) is 6.13. The van der Waals surface area contributed by atoms with Crippen LogP contribution >= 0.6 is 0 Å². The van der Waals surface area contributed by atoms with Gasteiger partial charge in [0, 0.05) is 0 Å². The fraction of sp³-hybridized carbons (Fsp3) is 0.630. The first-order chi connectivity index (χ1) is 15.1. The molecule has 0 aliphatic heterocycles. The van der Waals surface area contributed by atoms with E-state index in [4.69, 9.17) is 8.92 Å². The Bertz CT molecular complexity index is 995. The van der Waals surface area contributed by atoms with Crippen molar-refractivity contribution in [2.45, 2.75) is 70.6 Å². The molecule has 5 heteroatoms. The van der Waals surface area contributed by atoms with E-state index in [2.05, 4.69) is 39.5 Å². The van der Waals surface area contributed by atoms with Crippen LogP contribution in [0.3, 0.4) is 0 Å². The summed E-state index contributed by atoms with van der Waals surface area (Å²) in [5.41, 5.74) is 1.80. The highest BCUT2D eigenvalue weighted by molar-refractivity contribution is 7.86. The number of hydrogen-bond donors (Lipinski definition) is 0. The Morgan fingerprint density at radius 2 is 1.84 bits per heavy atom. The highest BCUT2D eigenvalue weighted by Gasteiger charge is 2.55. The fourth-order valence-electron chi connectivity index (χ4n) is 6.94. The third kappa shape index (κ3) is 4.07. The van der Waals surface area contributed by atoms with Gasteiger partial charge >= 0.3 is 0 Å². The molecule has 0 radical (unpaired) electrons. The monoisotopic (exact) mass is 458 g/mol. The predicted octanol–water partition coefficient (Wildman–Crippen LogP) is 6.54. The van der Waals surface area contributed by atoms with Gasteiger partial charge in [-0.1, -0.05) is 44.9 Å². The molecule has 32 heavy (non-hydrogen) atoms. The van der Waals surface area contributed by atoms with Gasteiger partial charge < -0.3 is 4.74 Å². The van der Waals surface area contributed by atoms with E-state index in [1.807, 2.05) is 0 Å². The van der Waals surface area contributed by atoms with Crippen LogP contribution in [-0.2, 0) is 14.3 Å². The van der Waals surface area contributed by atoms with E-state index in [-0.39, 0.29) is 27.7 Å². The van der Waals surface area contributed by atoms with Crippen molar-refractivity contribution in [1.29, 1.82) is 0 Å². The molecule has 5 atom stereocenters. The van der Waals surface area contributed by atoms with Crippen LogP contribution in [0.15, 0.2) is 53.5 Å². The van der Waals surface area contributed by atoms with E-state index < -0.39 is 10.1 Å². The zero-order chi connectivity index (χ0) is 23.2. The van der Waals surface area contributed by atoms with Gasteiger partial charge in [0.15, 0.2) is 0 Å². The van der Waals surface area contributed by atoms with Crippen molar-refractivity contribution in [2.24, 2.45) is 28.1 Å². The average molecular weight is 459 g/mol. The van der Waals surface area contributed by atoms with Crippen LogP contribution < -0.4 is 4.74 Å². The van der Waals surface area contributed by atoms with Crippen molar-refractivity contribution in [1.82, 2.24) is 0 Å². The van der Waals surface area contributed by atoms with Crippen molar-refractivity contribution in [3.63, 3.8) is 0 Å². The van der Waals surface area contributed by atoms with E-state index in [1.54, 1.807) is 36.9 Å². The van der Waals surface area contributed by atoms with Gasteiger partial charge in [0.05, 0.1) is 18.6 Å². The lowest BCUT2D eigenvalue weighted by atomic mass is 9.46. The van der Waals surface area contributed by atoms with Crippen molar-refractivity contribution < 1.29 is 17.3 Å². The van der Waals surface area contributed by atoms with E-state index in [1.165, 1.54) is 19.3 Å². The quantitative estimate of drug-likeness (QED) is 0.359. The number of hydrogen-bond acceptors (Lipinski definition) is 4. The Morgan fingerprint density at radius 3 is 2.50 bits per heavy atom. The first-order valence-electron chi connectivity index (χ1n) is 11.9. The zero-order valence-electron chi connectivity index (χ0n) is 20.0. The molecule has 0 saturated heterocycles. The van der Waals surface area contributed by atoms with Gasteiger partial charge in [-0.15, -0.1) is 6.58 Å². The Labute approximate surface area is 194 Å². The molecule has 0 bridgehead atoms. The minimum atomic E-state index is -3.80. The summed E-state index contributed by atoms with van der Waals surface area (Å²) >= 11 is 0. The third-order valence-electron chi connectivity index (χ3n) is 8.84. The second kappa shape index (κ2) is 8.32. The number of benzene rings is 1. The topological polar surface area (TPSA) is 52.6 Å². The van der Waals surface area contributed by atoms with Gasteiger partial charge in [-0.3, -0.25) is 4.18 Å². The molecule has 4 nitrogen and oxygen atoms in total. The maximum atomic E-state index is 12.9. The molecule has 1 aromatic rings. The lowest BCUT2D eigenvalue weighted by Crippen LogP contribution is -2.51. The van der Waals surface area contributed by atoms with Crippen LogP contribution in [0.1, 0.15) is 65.7 Å². The SMILES string of the molecule is C=C[C@@]1(C)CC=C2C(CCC3[C@](C)(COS(=O)(=O)c4ccc(OC)cc4)CCC[C@@]23C)C1. The van der Waals surface area contributed by atoms with E-state index in [0.717, 1.165) is 25.7 Å². The van der Waals surface area contributed by atoms with E-state index in [0.29, 0.717) is 17.6 Å². The lowest BCUT2D eigenvalue weighted by Gasteiger charge is -2.59. The minimum absolute atomic E-state index is 0.131. The summed E-state index contributed by atoms with van der Waals surface area (Å²) in [5, 5.41) is 0. The van der Waals surface area contributed by atoms with Crippen LogP contribution in [-0.4, -0.2) is 22.1 Å². The standard InChI is InChI=1S/C27H38O4S/c1-6-25(2)17-14-23-20(18-25)8-13-24-26(3,15-7-16-27(23,24)4)19-31-32(28,29)22-11-9-21(30-5)10-12-22/h6,9-12,14,20,24H,1,7-8,13,15-19H2,2-5H3/t20?,24?,25-,26-,27-/m0/s1. The molecule has 0 amide bonds. The van der Waals surface area contributed by atoms with Crippen molar-refractivity contribution in [2.75, 3.05) is 13.7 Å². The third-order valence-corrected chi connectivity index (χ3v) is 10.1. The van der Waals surface area contributed by atoms with Crippen molar-refractivity contribution in [3.05, 3.63) is 48.6 Å². The normalized spacial score (nSPS) is 37.1. The molecule has 3 aliphatic carbocycles. The summed E-state index contributed by atoms with van der Waals surface area (Å²) in [4.78, 5) is 0.183. The summed E-state index contributed by atoms with van der Waals surface area (Å²) in [5.74, 6) is 1.69. The van der Waals surface area contributed by atoms with Gasteiger partial charge in [0.25, 0.3) is 10.1 Å². The highest BCUT2D eigenvalue weighted by atomic mass is 32.2. The Morgan fingerprint density at radius 1 is 1.12 bits per heavy atom. The number of rotatable bonds is 6. The summed E-state index contributed by atoms with van der Waals surface area (Å²) in [7, 11) is -2.24. The van der Waals surface area contributed by atoms with Crippen LogP contribution in [0.4, 0.5) is 0 Å². The molecule has 4 rings (SSSR count). The van der Waals surface area contributed by atoms with Crippen molar-refractivity contribution >= 4 is 10.1 Å². The molecule has 2 unspecified atom stereocenters. The minimum Gasteiger partial charge on any atom is -0.497 e. The summed E-state index contributed by atoms with van der Waals surface area (Å²) in [6, 6.07) is 6.42. The highest BCUT2D eigenvalue weighted by Crippen LogP contribution is 2.63. The predicted molar refractivity (Wildman–Crippen MR) is 128 cm³/mol. The smallest absolute Gasteiger partial charge is 0.296 e.